The normalized spacial score (nSPS) is 18.9. The molecule has 0 spiro atoms. The molecule has 3 heterocycles. The van der Waals surface area contributed by atoms with E-state index in [1.165, 1.54) is 4.90 Å². The van der Waals surface area contributed by atoms with Gasteiger partial charge in [0.1, 0.15) is 6.04 Å². The van der Waals surface area contributed by atoms with Crippen LogP contribution < -0.4 is 10.2 Å². The van der Waals surface area contributed by atoms with Crippen molar-refractivity contribution in [1.29, 1.82) is 0 Å². The van der Waals surface area contributed by atoms with Gasteiger partial charge in [-0.25, -0.2) is 9.69 Å². The molecule has 0 aliphatic carbocycles. The number of benzene rings is 3. The fourth-order valence-corrected chi connectivity index (χ4v) is 5.43. The fourth-order valence-electron chi connectivity index (χ4n) is 5.43. The number of urea groups is 1. The number of carbonyl (C=O) groups is 3. The van der Waals surface area contributed by atoms with E-state index in [2.05, 4.69) is 10.3 Å². The lowest BCUT2D eigenvalue weighted by molar-refractivity contribution is -0.120. The lowest BCUT2D eigenvalue weighted by Gasteiger charge is -2.33. The number of aromatic amines is 1. The summed E-state index contributed by atoms with van der Waals surface area (Å²) in [6.45, 7) is 4.30. The van der Waals surface area contributed by atoms with Gasteiger partial charge in [-0.3, -0.25) is 9.59 Å². The molecule has 6 rings (SSSR count). The van der Waals surface area contributed by atoms with Gasteiger partial charge in [0.25, 0.3) is 11.8 Å². The Morgan fingerprint density at radius 3 is 2.53 bits per heavy atom. The standard InChI is InChI=1S/C29H26N4O3/c1-17-11-13-19(14-12-17)16-30-27(34)21-8-4-6-10-24(21)33-28(35)25-15-22-20-7-3-5-9-23(20)31-26(22)18(2)32(25)29(33)36/h3-14,18,25,31H,15-16H2,1-2H3,(H,30,34). The lowest BCUT2D eigenvalue weighted by atomic mass is 9.93. The highest BCUT2D eigenvalue weighted by Crippen LogP contribution is 2.42. The Labute approximate surface area is 208 Å². The van der Waals surface area contributed by atoms with Crippen molar-refractivity contribution in [1.82, 2.24) is 15.2 Å². The zero-order chi connectivity index (χ0) is 25.0. The number of fused-ring (bicyclic) bond motifs is 4. The number of nitrogens with one attached hydrogen (secondary N) is 2. The molecule has 7 nitrogen and oxygen atoms in total. The van der Waals surface area contributed by atoms with Crippen LogP contribution in [0, 0.1) is 6.92 Å². The lowest BCUT2D eigenvalue weighted by Crippen LogP contribution is -2.42. The van der Waals surface area contributed by atoms with Gasteiger partial charge in [0.05, 0.1) is 17.3 Å². The summed E-state index contributed by atoms with van der Waals surface area (Å²) >= 11 is 0. The number of hydrogen-bond acceptors (Lipinski definition) is 3. The Hall–Kier alpha value is -4.39. The SMILES string of the molecule is Cc1ccc(CNC(=O)c2ccccc2N2C(=O)C3Cc4c([nH]c5ccccc45)C(C)N3C2=O)cc1. The zero-order valence-electron chi connectivity index (χ0n) is 20.1. The van der Waals surface area contributed by atoms with Crippen LogP contribution in [0.4, 0.5) is 10.5 Å². The summed E-state index contributed by atoms with van der Waals surface area (Å²) in [5.74, 6) is -0.637. The summed E-state index contributed by atoms with van der Waals surface area (Å²) in [7, 11) is 0. The van der Waals surface area contributed by atoms with Crippen molar-refractivity contribution in [3.63, 3.8) is 0 Å². The molecule has 2 atom stereocenters. The molecule has 2 aliphatic heterocycles. The second kappa shape index (κ2) is 8.37. The number of H-pyrrole nitrogens is 1. The maximum atomic E-state index is 13.7. The quantitative estimate of drug-likeness (QED) is 0.411. The third kappa shape index (κ3) is 3.39. The van der Waals surface area contributed by atoms with Gasteiger partial charge in [0, 0.05) is 29.6 Å². The van der Waals surface area contributed by atoms with Gasteiger partial charge in [0.2, 0.25) is 0 Å². The monoisotopic (exact) mass is 478 g/mol. The van der Waals surface area contributed by atoms with Crippen LogP contribution in [-0.2, 0) is 17.8 Å². The maximum Gasteiger partial charge on any atom is 0.332 e. The third-order valence-electron chi connectivity index (χ3n) is 7.30. The van der Waals surface area contributed by atoms with E-state index < -0.39 is 12.1 Å². The van der Waals surface area contributed by atoms with E-state index in [0.29, 0.717) is 24.2 Å². The average molecular weight is 479 g/mol. The Morgan fingerprint density at radius 1 is 1.00 bits per heavy atom. The Bertz CT molecular complexity index is 1520. The van der Waals surface area contributed by atoms with Gasteiger partial charge < -0.3 is 15.2 Å². The second-order valence-electron chi connectivity index (χ2n) is 9.51. The minimum absolute atomic E-state index is 0.294. The van der Waals surface area contributed by atoms with Crippen LogP contribution in [0.3, 0.4) is 0 Å². The molecule has 2 unspecified atom stereocenters. The first-order valence-corrected chi connectivity index (χ1v) is 12.1. The summed E-state index contributed by atoms with van der Waals surface area (Å²) in [6, 6.07) is 21.4. The van der Waals surface area contributed by atoms with Crippen LogP contribution in [0.1, 0.15) is 45.7 Å². The minimum Gasteiger partial charge on any atom is -0.356 e. The van der Waals surface area contributed by atoms with Crippen molar-refractivity contribution < 1.29 is 14.4 Å². The van der Waals surface area contributed by atoms with E-state index in [1.54, 1.807) is 29.2 Å². The number of imide groups is 1. The van der Waals surface area contributed by atoms with E-state index in [1.807, 2.05) is 62.4 Å². The Balaban J connectivity index is 1.30. The molecular formula is C29H26N4O3. The summed E-state index contributed by atoms with van der Waals surface area (Å²) in [4.78, 5) is 46.8. The number of amides is 4. The molecule has 3 aromatic carbocycles. The van der Waals surface area contributed by atoms with Crippen molar-refractivity contribution in [2.45, 2.75) is 38.9 Å². The summed E-state index contributed by atoms with van der Waals surface area (Å²) in [6.07, 6.45) is 0.437. The molecule has 0 bridgehead atoms. The van der Waals surface area contributed by atoms with Crippen LogP contribution in [0.25, 0.3) is 10.9 Å². The molecule has 4 amide bonds. The van der Waals surface area contributed by atoms with Crippen molar-refractivity contribution in [2.75, 3.05) is 4.90 Å². The minimum atomic E-state index is -0.608. The molecule has 2 N–H and O–H groups in total. The van der Waals surface area contributed by atoms with Gasteiger partial charge in [0.15, 0.2) is 0 Å². The smallest absolute Gasteiger partial charge is 0.332 e. The molecular weight excluding hydrogens is 452 g/mol. The van der Waals surface area contributed by atoms with Crippen LogP contribution >= 0.6 is 0 Å². The first-order valence-electron chi connectivity index (χ1n) is 12.1. The highest BCUT2D eigenvalue weighted by atomic mass is 16.2. The van der Waals surface area contributed by atoms with E-state index in [4.69, 9.17) is 0 Å². The molecule has 2 aliphatic rings. The third-order valence-corrected chi connectivity index (χ3v) is 7.30. The van der Waals surface area contributed by atoms with Gasteiger partial charge in [-0.05, 0) is 43.2 Å². The van der Waals surface area contributed by atoms with E-state index in [9.17, 15) is 14.4 Å². The highest BCUT2D eigenvalue weighted by Gasteiger charge is 2.52. The van der Waals surface area contributed by atoms with Gasteiger partial charge >= 0.3 is 6.03 Å². The number of para-hydroxylation sites is 2. The van der Waals surface area contributed by atoms with E-state index in [0.717, 1.165) is 33.3 Å². The summed E-state index contributed by atoms with van der Waals surface area (Å²) < 4.78 is 0. The van der Waals surface area contributed by atoms with Crippen molar-refractivity contribution >= 4 is 34.4 Å². The van der Waals surface area contributed by atoms with Gasteiger partial charge in [-0.1, -0.05) is 60.2 Å². The largest absolute Gasteiger partial charge is 0.356 e. The Morgan fingerprint density at radius 2 is 1.72 bits per heavy atom. The topological polar surface area (TPSA) is 85.5 Å². The first-order chi connectivity index (χ1) is 17.4. The molecule has 1 saturated heterocycles. The van der Waals surface area contributed by atoms with Crippen LogP contribution in [0.5, 0.6) is 0 Å². The predicted octanol–water partition coefficient (Wildman–Crippen LogP) is 4.86. The van der Waals surface area contributed by atoms with Crippen molar-refractivity contribution in [3.05, 3.63) is 101 Å². The van der Waals surface area contributed by atoms with Crippen LogP contribution in [0.15, 0.2) is 72.8 Å². The van der Waals surface area contributed by atoms with Crippen LogP contribution in [0.2, 0.25) is 0 Å². The van der Waals surface area contributed by atoms with E-state index in [-0.39, 0.29) is 17.9 Å². The number of rotatable bonds is 4. The number of carbonyl (C=O) groups excluding carboxylic acids is 3. The molecule has 1 fully saturated rings. The molecule has 0 radical (unpaired) electrons. The summed E-state index contributed by atoms with van der Waals surface area (Å²) in [5.41, 5.74) is 5.76. The highest BCUT2D eigenvalue weighted by molar-refractivity contribution is 6.24. The molecule has 7 heteroatoms. The number of nitrogens with zero attached hydrogens (tertiary/aromatic N) is 2. The Kier molecular flexibility index (Phi) is 5.14. The molecule has 36 heavy (non-hydrogen) atoms. The van der Waals surface area contributed by atoms with Crippen molar-refractivity contribution in [2.24, 2.45) is 0 Å². The van der Waals surface area contributed by atoms with Gasteiger partial charge in [-0.2, -0.15) is 0 Å². The molecule has 180 valence electrons. The van der Waals surface area contributed by atoms with E-state index >= 15 is 0 Å². The number of aromatic nitrogens is 1. The van der Waals surface area contributed by atoms with Crippen LogP contribution in [-0.4, -0.2) is 33.8 Å². The predicted molar refractivity (Wildman–Crippen MR) is 138 cm³/mol. The second-order valence-corrected chi connectivity index (χ2v) is 9.51. The maximum absolute atomic E-state index is 13.7. The van der Waals surface area contributed by atoms with Gasteiger partial charge in [-0.15, -0.1) is 0 Å². The first kappa shape index (κ1) is 22.1. The fraction of sp³-hybridized carbons (Fsp3) is 0.207. The number of aryl methyl sites for hydroxylation is 1. The summed E-state index contributed by atoms with van der Waals surface area (Å²) in [5, 5.41) is 4.00. The van der Waals surface area contributed by atoms with Crippen molar-refractivity contribution in [3.8, 4) is 0 Å². The zero-order valence-corrected chi connectivity index (χ0v) is 20.1. The molecule has 4 aromatic rings. The molecule has 1 aromatic heterocycles. The number of anilines is 1. The molecule has 0 saturated carbocycles. The number of hydrogen-bond donors (Lipinski definition) is 2. The average Bonchev–Trinajstić information content (AvgIpc) is 3.39.